The number of para-hydroxylation sites is 1. The molecule has 0 atom stereocenters. The summed E-state index contributed by atoms with van der Waals surface area (Å²) in [5.74, 6) is -2.60. The summed E-state index contributed by atoms with van der Waals surface area (Å²) in [5, 5.41) is 24.4. The SMILES string of the molecule is C#COc1ccc(C(=O)O)c(C(=O)NCc2ccc(CNC(=O)c3cc(OCCOc4ccccc4)ccc3C(=O)O)cc2)c1. The number of rotatable bonds is 14. The number of amides is 2. The van der Waals surface area contributed by atoms with E-state index < -0.39 is 23.8 Å². The van der Waals surface area contributed by atoms with E-state index in [4.69, 9.17) is 20.6 Å². The first kappa shape index (κ1) is 31.7. The molecule has 4 N–H and O–H groups in total. The van der Waals surface area contributed by atoms with Gasteiger partial charge in [0.1, 0.15) is 36.6 Å². The number of nitrogens with one attached hydrogen (secondary N) is 2. The average Bonchev–Trinajstić information content (AvgIpc) is 3.05. The van der Waals surface area contributed by atoms with E-state index in [-0.39, 0.29) is 54.3 Å². The van der Waals surface area contributed by atoms with Crippen LogP contribution >= 0.6 is 0 Å². The second-order valence-electron chi connectivity index (χ2n) is 9.44. The van der Waals surface area contributed by atoms with E-state index in [0.717, 1.165) is 0 Å². The molecule has 4 aromatic rings. The quantitative estimate of drug-likeness (QED) is 0.120. The molecule has 0 fully saturated rings. The highest BCUT2D eigenvalue weighted by Gasteiger charge is 2.19. The van der Waals surface area contributed by atoms with Crippen molar-refractivity contribution in [1.82, 2.24) is 10.6 Å². The first-order valence-corrected chi connectivity index (χ1v) is 13.6. The van der Waals surface area contributed by atoms with Crippen molar-refractivity contribution >= 4 is 23.8 Å². The van der Waals surface area contributed by atoms with Crippen LogP contribution in [0.2, 0.25) is 0 Å². The molecule has 0 aliphatic carbocycles. The van der Waals surface area contributed by atoms with Crippen LogP contribution in [-0.2, 0) is 13.1 Å². The van der Waals surface area contributed by atoms with Gasteiger partial charge in [0.25, 0.3) is 11.8 Å². The number of hydrogen-bond acceptors (Lipinski definition) is 7. The van der Waals surface area contributed by atoms with Crippen LogP contribution in [0.5, 0.6) is 17.2 Å². The minimum atomic E-state index is -1.28. The van der Waals surface area contributed by atoms with Crippen LogP contribution in [0.3, 0.4) is 0 Å². The van der Waals surface area contributed by atoms with E-state index in [1.54, 1.807) is 24.3 Å². The fraction of sp³-hybridized carbons (Fsp3) is 0.118. The fourth-order valence-corrected chi connectivity index (χ4v) is 4.18. The Hall–Kier alpha value is -6.28. The van der Waals surface area contributed by atoms with E-state index in [1.165, 1.54) is 36.4 Å². The van der Waals surface area contributed by atoms with Crippen molar-refractivity contribution in [3.63, 3.8) is 0 Å². The highest BCUT2D eigenvalue weighted by molar-refractivity contribution is 6.05. The molecule has 0 unspecified atom stereocenters. The van der Waals surface area contributed by atoms with Crippen LogP contribution in [0.1, 0.15) is 52.6 Å². The van der Waals surface area contributed by atoms with Gasteiger partial charge in [0.15, 0.2) is 0 Å². The molecule has 0 saturated carbocycles. The van der Waals surface area contributed by atoms with Gasteiger partial charge in [0.2, 0.25) is 0 Å². The highest BCUT2D eigenvalue weighted by atomic mass is 16.5. The number of carboxylic acids is 2. The third-order valence-corrected chi connectivity index (χ3v) is 6.40. The van der Waals surface area contributed by atoms with E-state index in [9.17, 15) is 29.4 Å². The van der Waals surface area contributed by atoms with E-state index in [0.29, 0.717) is 22.6 Å². The molecule has 4 aromatic carbocycles. The third kappa shape index (κ3) is 8.86. The molecule has 0 spiro atoms. The van der Waals surface area contributed by atoms with Crippen LogP contribution in [-0.4, -0.2) is 47.2 Å². The van der Waals surface area contributed by atoms with Gasteiger partial charge in [-0.15, -0.1) is 0 Å². The van der Waals surface area contributed by atoms with Crippen molar-refractivity contribution in [1.29, 1.82) is 0 Å². The predicted octanol–water partition coefficient (Wildman–Crippen LogP) is 4.37. The van der Waals surface area contributed by atoms with E-state index in [1.807, 2.05) is 36.4 Å². The number of ether oxygens (including phenoxy) is 3. The topological polar surface area (TPSA) is 160 Å². The van der Waals surface area contributed by atoms with Gasteiger partial charge in [0, 0.05) is 13.1 Å². The molecule has 0 heterocycles. The van der Waals surface area contributed by atoms with Gasteiger partial charge in [-0.25, -0.2) is 9.59 Å². The summed E-state index contributed by atoms with van der Waals surface area (Å²) < 4.78 is 16.2. The molecular weight excluding hydrogens is 580 g/mol. The Labute approximate surface area is 258 Å². The first-order valence-electron chi connectivity index (χ1n) is 13.6. The summed E-state index contributed by atoms with van der Waals surface area (Å²) in [7, 11) is 0. The Morgan fingerprint density at radius 1 is 0.600 bits per heavy atom. The lowest BCUT2D eigenvalue weighted by Gasteiger charge is -2.12. The largest absolute Gasteiger partial charge is 0.490 e. The van der Waals surface area contributed by atoms with Gasteiger partial charge >= 0.3 is 11.9 Å². The van der Waals surface area contributed by atoms with Crippen molar-refractivity contribution < 1.29 is 43.6 Å². The van der Waals surface area contributed by atoms with Crippen molar-refractivity contribution in [3.05, 3.63) is 124 Å². The Balaban J connectivity index is 1.32. The Morgan fingerprint density at radius 2 is 1.07 bits per heavy atom. The van der Waals surface area contributed by atoms with Crippen LogP contribution in [0.4, 0.5) is 0 Å². The minimum Gasteiger partial charge on any atom is -0.490 e. The van der Waals surface area contributed by atoms with Gasteiger partial charge in [-0.3, -0.25) is 9.59 Å². The molecule has 228 valence electrons. The average molecular weight is 609 g/mol. The van der Waals surface area contributed by atoms with Crippen molar-refractivity contribution in [2.24, 2.45) is 0 Å². The molecule has 2 amide bonds. The maximum Gasteiger partial charge on any atom is 0.336 e. The molecule has 11 heteroatoms. The Bertz CT molecular complexity index is 1730. The molecule has 0 saturated heterocycles. The summed E-state index contributed by atoms with van der Waals surface area (Å²) in [6.45, 7) is 0.632. The Kier molecular flexibility index (Phi) is 10.7. The molecular formula is C34H28N2O9. The zero-order valence-electron chi connectivity index (χ0n) is 23.8. The summed E-state index contributed by atoms with van der Waals surface area (Å²) in [5.41, 5.74) is 0.886. The standard InChI is InChI=1S/C34H28N2O9/c1-2-43-25-12-14-27(33(39)40)29(18-25)31(37)35-20-22-8-10-23(11-9-22)21-36-32(38)30-19-26(13-15-28(30)34(41)42)45-17-16-44-24-6-4-3-5-7-24/h1,3-15,18-19H,16-17,20-21H2,(H,35,37)(H,36,38)(H,39,40)(H,41,42). The molecule has 45 heavy (non-hydrogen) atoms. The lowest BCUT2D eigenvalue weighted by Crippen LogP contribution is -2.25. The Morgan fingerprint density at radius 3 is 1.56 bits per heavy atom. The van der Waals surface area contributed by atoms with Crippen LogP contribution < -0.4 is 24.8 Å². The lowest BCUT2D eigenvalue weighted by molar-refractivity contribution is 0.0682. The number of terminal acetylenes is 1. The highest BCUT2D eigenvalue weighted by Crippen LogP contribution is 2.20. The summed E-state index contributed by atoms with van der Waals surface area (Å²) in [6, 6.07) is 24.1. The second kappa shape index (κ2) is 15.3. The molecule has 0 aromatic heterocycles. The molecule has 0 radical (unpaired) electrons. The van der Waals surface area contributed by atoms with E-state index >= 15 is 0 Å². The van der Waals surface area contributed by atoms with Crippen molar-refractivity contribution in [2.45, 2.75) is 13.1 Å². The van der Waals surface area contributed by atoms with Crippen LogP contribution in [0, 0.1) is 12.5 Å². The molecule has 11 nitrogen and oxygen atoms in total. The summed E-state index contributed by atoms with van der Waals surface area (Å²) >= 11 is 0. The zero-order chi connectivity index (χ0) is 32.2. The van der Waals surface area contributed by atoms with Gasteiger partial charge in [-0.2, -0.15) is 0 Å². The third-order valence-electron chi connectivity index (χ3n) is 6.40. The number of carbonyl (C=O) groups excluding carboxylic acids is 2. The van der Waals surface area contributed by atoms with Gasteiger partial charge in [-0.05, 0) is 59.7 Å². The molecule has 4 rings (SSSR count). The van der Waals surface area contributed by atoms with Gasteiger partial charge in [0.05, 0.1) is 22.3 Å². The van der Waals surface area contributed by atoms with E-state index in [2.05, 4.69) is 10.6 Å². The fourth-order valence-electron chi connectivity index (χ4n) is 4.18. The molecule has 0 aliphatic rings. The zero-order valence-corrected chi connectivity index (χ0v) is 23.8. The van der Waals surface area contributed by atoms with Gasteiger partial charge in [-0.1, -0.05) is 48.9 Å². The van der Waals surface area contributed by atoms with Crippen LogP contribution in [0.25, 0.3) is 0 Å². The van der Waals surface area contributed by atoms with Gasteiger partial charge < -0.3 is 35.1 Å². The van der Waals surface area contributed by atoms with Crippen molar-refractivity contribution in [3.8, 4) is 29.8 Å². The maximum absolute atomic E-state index is 13.0. The maximum atomic E-state index is 13.0. The first-order chi connectivity index (χ1) is 21.7. The summed E-state index contributed by atoms with van der Waals surface area (Å²) in [4.78, 5) is 49.0. The molecule has 0 bridgehead atoms. The number of carboxylic acid groups (broad SMARTS) is 2. The second-order valence-corrected chi connectivity index (χ2v) is 9.44. The number of carbonyl (C=O) groups is 4. The minimum absolute atomic E-state index is 0.0549. The molecule has 0 aliphatic heterocycles. The monoisotopic (exact) mass is 608 g/mol. The smallest absolute Gasteiger partial charge is 0.336 e. The van der Waals surface area contributed by atoms with Crippen molar-refractivity contribution in [2.75, 3.05) is 13.2 Å². The van der Waals surface area contributed by atoms with Crippen LogP contribution in [0.15, 0.2) is 91.0 Å². The number of benzene rings is 4. The lowest BCUT2D eigenvalue weighted by atomic mass is 10.1. The normalized spacial score (nSPS) is 10.2. The number of hydrogen-bond donors (Lipinski definition) is 4. The predicted molar refractivity (Wildman–Crippen MR) is 162 cm³/mol. The number of aromatic carboxylic acids is 2. The summed E-state index contributed by atoms with van der Waals surface area (Å²) in [6.07, 6.45) is 7.09.